The van der Waals surface area contributed by atoms with E-state index in [0.717, 1.165) is 22.5 Å². The van der Waals surface area contributed by atoms with Crippen LogP contribution < -0.4 is 4.74 Å². The second-order valence-corrected chi connectivity index (χ2v) is 5.80. The minimum Gasteiger partial charge on any atom is -0.493 e. The van der Waals surface area contributed by atoms with Gasteiger partial charge in [0, 0.05) is 5.39 Å². The summed E-state index contributed by atoms with van der Waals surface area (Å²) in [6.45, 7) is 0. The average molecular weight is 279 g/mol. The van der Waals surface area contributed by atoms with Gasteiger partial charge >= 0.3 is 0 Å². The maximum atomic E-state index is 6.62. The molecule has 1 aliphatic carbocycles. The molecule has 1 heterocycles. The number of halogens is 1. The van der Waals surface area contributed by atoms with Crippen molar-refractivity contribution in [1.29, 1.82) is 0 Å². The molecule has 1 fully saturated rings. The van der Waals surface area contributed by atoms with Gasteiger partial charge in [0.2, 0.25) is 0 Å². The molecule has 1 atom stereocenters. The minimum atomic E-state index is -0.0163. The van der Waals surface area contributed by atoms with Crippen molar-refractivity contribution in [2.45, 2.75) is 37.5 Å². The number of hydrogen-bond donors (Lipinski definition) is 0. The Morgan fingerprint density at radius 2 is 2.05 bits per heavy atom. The van der Waals surface area contributed by atoms with Crippen LogP contribution in [0.25, 0.3) is 11.0 Å². The van der Waals surface area contributed by atoms with Crippen LogP contribution >= 0.6 is 11.6 Å². The second kappa shape index (κ2) is 5.46. The molecule has 3 heteroatoms. The second-order valence-electron chi connectivity index (χ2n) is 5.33. The van der Waals surface area contributed by atoms with Gasteiger partial charge in [-0.2, -0.15) is 0 Å². The van der Waals surface area contributed by atoms with E-state index in [4.69, 9.17) is 20.8 Å². The van der Waals surface area contributed by atoms with E-state index in [0.29, 0.717) is 5.92 Å². The maximum absolute atomic E-state index is 6.62. The molecule has 0 bridgehead atoms. The number of para-hydroxylation sites is 1. The lowest BCUT2D eigenvalue weighted by atomic mass is 9.86. The molecule has 0 radical (unpaired) electrons. The monoisotopic (exact) mass is 278 g/mol. The minimum absolute atomic E-state index is 0.0163. The Labute approximate surface area is 118 Å². The van der Waals surface area contributed by atoms with E-state index >= 15 is 0 Å². The van der Waals surface area contributed by atoms with Gasteiger partial charge < -0.3 is 9.15 Å². The van der Waals surface area contributed by atoms with E-state index in [1.807, 2.05) is 18.2 Å². The van der Waals surface area contributed by atoms with E-state index in [9.17, 15) is 0 Å². The molecule has 3 rings (SSSR count). The van der Waals surface area contributed by atoms with Crippen LogP contribution in [0.15, 0.2) is 28.7 Å². The summed E-state index contributed by atoms with van der Waals surface area (Å²) >= 11 is 6.62. The standard InChI is InChI=1S/C16H19ClO2/c1-18-13-9-5-8-12-10-14(19-16(12)13)15(17)11-6-3-2-4-7-11/h5,8-11,15H,2-4,6-7H2,1H3. The number of ether oxygens (including phenoxy) is 1. The predicted octanol–water partition coefficient (Wildman–Crippen LogP) is 5.30. The summed E-state index contributed by atoms with van der Waals surface area (Å²) in [6, 6.07) is 7.99. The maximum Gasteiger partial charge on any atom is 0.176 e. The van der Waals surface area contributed by atoms with Crippen LogP contribution in [-0.2, 0) is 0 Å². The van der Waals surface area contributed by atoms with Gasteiger partial charge in [0.1, 0.15) is 5.76 Å². The van der Waals surface area contributed by atoms with Gasteiger partial charge in [-0.3, -0.25) is 0 Å². The molecule has 0 saturated heterocycles. The Kier molecular flexibility index (Phi) is 3.69. The van der Waals surface area contributed by atoms with Gasteiger partial charge in [-0.15, -0.1) is 11.6 Å². The molecule has 1 saturated carbocycles. The van der Waals surface area contributed by atoms with Gasteiger partial charge in [0.15, 0.2) is 11.3 Å². The lowest BCUT2D eigenvalue weighted by Gasteiger charge is -2.24. The molecule has 1 aromatic heterocycles. The highest BCUT2D eigenvalue weighted by Crippen LogP contribution is 2.41. The van der Waals surface area contributed by atoms with Gasteiger partial charge in [-0.1, -0.05) is 31.4 Å². The zero-order valence-corrected chi connectivity index (χ0v) is 12.0. The van der Waals surface area contributed by atoms with Crippen molar-refractivity contribution in [3.8, 4) is 5.75 Å². The van der Waals surface area contributed by atoms with Crippen LogP contribution in [-0.4, -0.2) is 7.11 Å². The molecule has 2 nitrogen and oxygen atoms in total. The molecule has 0 N–H and O–H groups in total. The van der Waals surface area contributed by atoms with Crippen LogP contribution in [0.3, 0.4) is 0 Å². The fourth-order valence-corrected chi connectivity index (χ4v) is 3.37. The number of benzene rings is 1. The average Bonchev–Trinajstić information content (AvgIpc) is 2.91. The largest absolute Gasteiger partial charge is 0.493 e. The van der Waals surface area contributed by atoms with E-state index in [1.54, 1.807) is 7.11 Å². The van der Waals surface area contributed by atoms with Crippen LogP contribution in [0.2, 0.25) is 0 Å². The summed E-state index contributed by atoms with van der Waals surface area (Å²) in [4.78, 5) is 0. The lowest BCUT2D eigenvalue weighted by molar-refractivity contribution is 0.326. The summed E-state index contributed by atoms with van der Waals surface area (Å²) in [5.74, 6) is 2.20. The lowest BCUT2D eigenvalue weighted by Crippen LogP contribution is -2.11. The van der Waals surface area contributed by atoms with E-state index in [1.165, 1.54) is 32.1 Å². The number of alkyl halides is 1. The molecule has 102 valence electrons. The van der Waals surface area contributed by atoms with Crippen molar-refractivity contribution >= 4 is 22.6 Å². The fourth-order valence-electron chi connectivity index (χ4n) is 3.01. The molecule has 0 aliphatic heterocycles. The van der Waals surface area contributed by atoms with Crippen molar-refractivity contribution in [1.82, 2.24) is 0 Å². The Balaban J connectivity index is 1.92. The molecule has 1 aliphatic rings. The van der Waals surface area contributed by atoms with Crippen molar-refractivity contribution in [3.63, 3.8) is 0 Å². The molecule has 0 amide bonds. The summed E-state index contributed by atoms with van der Waals surface area (Å²) in [5, 5.41) is 1.05. The number of fused-ring (bicyclic) bond motifs is 1. The van der Waals surface area contributed by atoms with Gasteiger partial charge in [-0.05, 0) is 30.9 Å². The van der Waals surface area contributed by atoms with Gasteiger partial charge in [-0.25, -0.2) is 0 Å². The van der Waals surface area contributed by atoms with E-state index in [-0.39, 0.29) is 5.38 Å². The van der Waals surface area contributed by atoms with Crippen LogP contribution in [0.4, 0.5) is 0 Å². The van der Waals surface area contributed by atoms with Crippen LogP contribution in [0.1, 0.15) is 43.2 Å². The van der Waals surface area contributed by atoms with Crippen LogP contribution in [0.5, 0.6) is 5.75 Å². The first-order valence-corrected chi connectivity index (χ1v) is 7.44. The summed E-state index contributed by atoms with van der Waals surface area (Å²) in [5.41, 5.74) is 0.807. The Hall–Kier alpha value is -1.15. The third-order valence-corrected chi connectivity index (χ3v) is 4.65. The number of hydrogen-bond acceptors (Lipinski definition) is 2. The van der Waals surface area contributed by atoms with Crippen molar-refractivity contribution < 1.29 is 9.15 Å². The first kappa shape index (κ1) is 12.9. The van der Waals surface area contributed by atoms with Crippen molar-refractivity contribution in [2.24, 2.45) is 5.92 Å². The van der Waals surface area contributed by atoms with Crippen LogP contribution in [0, 0.1) is 5.92 Å². The molecular weight excluding hydrogens is 260 g/mol. The molecule has 19 heavy (non-hydrogen) atoms. The van der Waals surface area contributed by atoms with Crippen molar-refractivity contribution in [2.75, 3.05) is 7.11 Å². The summed E-state index contributed by atoms with van der Waals surface area (Å²) in [7, 11) is 1.66. The normalized spacial score (nSPS) is 18.6. The fraction of sp³-hybridized carbons (Fsp3) is 0.500. The number of rotatable bonds is 3. The molecule has 0 spiro atoms. The Morgan fingerprint density at radius 3 is 2.79 bits per heavy atom. The van der Waals surface area contributed by atoms with Crippen molar-refractivity contribution in [3.05, 3.63) is 30.0 Å². The topological polar surface area (TPSA) is 22.4 Å². The van der Waals surface area contributed by atoms with Gasteiger partial charge in [0.25, 0.3) is 0 Å². The zero-order chi connectivity index (χ0) is 13.2. The SMILES string of the molecule is COc1cccc2cc(C(Cl)C3CCCCC3)oc12. The highest BCUT2D eigenvalue weighted by atomic mass is 35.5. The highest BCUT2D eigenvalue weighted by Gasteiger charge is 2.26. The third-order valence-electron chi connectivity index (χ3n) is 4.08. The zero-order valence-electron chi connectivity index (χ0n) is 11.2. The predicted molar refractivity (Wildman–Crippen MR) is 77.9 cm³/mol. The number of furan rings is 1. The van der Waals surface area contributed by atoms with E-state index in [2.05, 4.69) is 6.07 Å². The quantitative estimate of drug-likeness (QED) is 0.711. The third kappa shape index (κ3) is 2.46. The molecule has 1 aromatic carbocycles. The molecule has 2 aromatic rings. The smallest absolute Gasteiger partial charge is 0.176 e. The Morgan fingerprint density at radius 1 is 1.26 bits per heavy atom. The number of methoxy groups -OCH3 is 1. The van der Waals surface area contributed by atoms with E-state index < -0.39 is 0 Å². The first-order valence-electron chi connectivity index (χ1n) is 7.00. The highest BCUT2D eigenvalue weighted by molar-refractivity contribution is 6.20. The Bertz CT molecular complexity index is 555. The van der Waals surface area contributed by atoms with Gasteiger partial charge in [0.05, 0.1) is 12.5 Å². The molecule has 1 unspecified atom stereocenters. The summed E-state index contributed by atoms with van der Waals surface area (Å²) in [6.07, 6.45) is 6.34. The first-order chi connectivity index (χ1) is 9.29. The molecular formula is C16H19ClO2. The summed E-state index contributed by atoms with van der Waals surface area (Å²) < 4.78 is 11.3.